The molecule has 2 N–H and O–H groups in total. The number of amides is 2. The molecule has 1 aliphatic heterocycles. The average molecular weight is 288 g/mol. The lowest BCUT2D eigenvalue weighted by Crippen LogP contribution is -2.53. The number of aliphatic hydroxyl groups is 1. The molecular weight excluding hydrogens is 264 g/mol. The van der Waals surface area contributed by atoms with Crippen LogP contribution in [-0.2, 0) is 9.53 Å². The van der Waals surface area contributed by atoms with Crippen LogP contribution < -0.4 is 0 Å². The molecule has 0 atom stereocenters. The summed E-state index contributed by atoms with van der Waals surface area (Å²) in [6.45, 7) is 4.30. The lowest BCUT2D eigenvalue weighted by atomic mass is 9.94. The van der Waals surface area contributed by atoms with Crippen LogP contribution in [0.1, 0.15) is 26.7 Å². The molecule has 0 spiro atoms. The third-order valence-corrected chi connectivity index (χ3v) is 3.46. The van der Waals surface area contributed by atoms with Gasteiger partial charge in [0.25, 0.3) is 0 Å². The van der Waals surface area contributed by atoms with Gasteiger partial charge in [-0.05, 0) is 13.8 Å². The molecule has 0 aliphatic carbocycles. The molecule has 0 aromatic heterocycles. The summed E-state index contributed by atoms with van der Waals surface area (Å²) < 4.78 is 5.19. The monoisotopic (exact) mass is 288 g/mol. The summed E-state index contributed by atoms with van der Waals surface area (Å²) in [4.78, 5) is 25.8. The standard InChI is InChI=1S/C13H24N2O5/c1-10(2)15(8-11(16)17)12(18)14(3)9-13(19)4-6-20-7-5-13/h10,19H,4-9H2,1-3H3,(H,16,17). The van der Waals surface area contributed by atoms with Gasteiger partial charge in [0, 0.05) is 39.1 Å². The number of likely N-dealkylation sites (N-methyl/N-ethyl adjacent to an activating group) is 1. The van der Waals surface area contributed by atoms with Crippen LogP contribution >= 0.6 is 0 Å². The van der Waals surface area contributed by atoms with Crippen LogP contribution in [0.2, 0.25) is 0 Å². The van der Waals surface area contributed by atoms with Crippen LogP contribution in [0.4, 0.5) is 4.79 Å². The average Bonchev–Trinajstić information content (AvgIpc) is 2.34. The first kappa shape index (κ1) is 16.7. The molecule has 1 rings (SSSR count). The van der Waals surface area contributed by atoms with E-state index in [1.807, 2.05) is 0 Å². The third kappa shape index (κ3) is 4.64. The first-order valence-electron chi connectivity index (χ1n) is 6.79. The van der Waals surface area contributed by atoms with Crippen molar-refractivity contribution in [3.05, 3.63) is 0 Å². The van der Waals surface area contributed by atoms with Crippen molar-refractivity contribution >= 4 is 12.0 Å². The number of nitrogens with zero attached hydrogens (tertiary/aromatic N) is 2. The van der Waals surface area contributed by atoms with E-state index in [0.717, 1.165) is 0 Å². The van der Waals surface area contributed by atoms with E-state index < -0.39 is 11.6 Å². The number of hydrogen-bond acceptors (Lipinski definition) is 4. The zero-order valence-electron chi connectivity index (χ0n) is 12.3. The molecule has 0 saturated carbocycles. The second kappa shape index (κ2) is 6.90. The van der Waals surface area contributed by atoms with Gasteiger partial charge in [-0.1, -0.05) is 0 Å². The highest BCUT2D eigenvalue weighted by molar-refractivity contribution is 5.80. The van der Waals surface area contributed by atoms with Crippen LogP contribution in [0.3, 0.4) is 0 Å². The van der Waals surface area contributed by atoms with Crippen LogP contribution in [-0.4, -0.2) is 77.0 Å². The van der Waals surface area contributed by atoms with Crippen LogP contribution in [0, 0.1) is 0 Å². The second-order valence-corrected chi connectivity index (χ2v) is 5.59. The smallest absolute Gasteiger partial charge is 0.323 e. The Morgan fingerprint density at radius 3 is 2.30 bits per heavy atom. The van der Waals surface area contributed by atoms with Gasteiger partial charge in [0.05, 0.1) is 12.1 Å². The summed E-state index contributed by atoms with van der Waals surface area (Å²) in [7, 11) is 1.58. The highest BCUT2D eigenvalue weighted by Gasteiger charge is 2.34. The molecule has 0 aromatic rings. The van der Waals surface area contributed by atoms with Gasteiger partial charge in [0.15, 0.2) is 0 Å². The normalized spacial score (nSPS) is 17.9. The summed E-state index contributed by atoms with van der Waals surface area (Å²) in [5.41, 5.74) is -0.950. The summed E-state index contributed by atoms with van der Waals surface area (Å²) in [5.74, 6) is -1.05. The molecule has 20 heavy (non-hydrogen) atoms. The molecule has 0 radical (unpaired) electrons. The van der Waals surface area contributed by atoms with Gasteiger partial charge in [-0.3, -0.25) is 4.79 Å². The molecule has 7 heteroatoms. The molecular formula is C13H24N2O5. The van der Waals surface area contributed by atoms with Gasteiger partial charge in [-0.2, -0.15) is 0 Å². The molecule has 1 saturated heterocycles. The Morgan fingerprint density at radius 2 is 1.85 bits per heavy atom. The second-order valence-electron chi connectivity index (χ2n) is 5.59. The molecule has 116 valence electrons. The van der Waals surface area contributed by atoms with Crippen LogP contribution in [0.5, 0.6) is 0 Å². The summed E-state index contributed by atoms with van der Waals surface area (Å²) in [5, 5.41) is 19.2. The van der Waals surface area contributed by atoms with Crippen molar-refractivity contribution < 1.29 is 24.5 Å². The minimum atomic E-state index is -1.05. The van der Waals surface area contributed by atoms with Gasteiger partial charge in [0.2, 0.25) is 0 Å². The molecule has 2 amide bonds. The molecule has 7 nitrogen and oxygen atoms in total. The van der Waals surface area contributed by atoms with Crippen molar-refractivity contribution in [3.63, 3.8) is 0 Å². The minimum Gasteiger partial charge on any atom is -0.480 e. The zero-order chi connectivity index (χ0) is 15.3. The first-order chi connectivity index (χ1) is 9.25. The fraction of sp³-hybridized carbons (Fsp3) is 0.846. The molecule has 0 bridgehead atoms. The number of carbonyl (C=O) groups excluding carboxylic acids is 1. The maximum absolute atomic E-state index is 12.3. The Kier molecular flexibility index (Phi) is 5.76. The fourth-order valence-electron chi connectivity index (χ4n) is 2.25. The molecule has 0 unspecified atom stereocenters. The number of carboxylic acids is 1. The van der Waals surface area contributed by atoms with Crippen molar-refractivity contribution in [1.82, 2.24) is 9.80 Å². The van der Waals surface area contributed by atoms with Crippen LogP contribution in [0.15, 0.2) is 0 Å². The van der Waals surface area contributed by atoms with Gasteiger partial charge in [-0.15, -0.1) is 0 Å². The quantitative estimate of drug-likeness (QED) is 0.763. The van der Waals surface area contributed by atoms with E-state index in [0.29, 0.717) is 26.1 Å². The number of hydrogen-bond donors (Lipinski definition) is 2. The SMILES string of the molecule is CC(C)N(CC(=O)O)C(=O)N(C)CC1(O)CCOCC1. The van der Waals surface area contributed by atoms with E-state index in [1.165, 1.54) is 9.80 Å². The number of aliphatic carboxylic acids is 1. The van der Waals surface area contributed by atoms with Crippen molar-refractivity contribution in [1.29, 1.82) is 0 Å². The Morgan fingerprint density at radius 1 is 1.30 bits per heavy atom. The van der Waals surface area contributed by atoms with E-state index >= 15 is 0 Å². The first-order valence-corrected chi connectivity index (χ1v) is 6.79. The third-order valence-electron chi connectivity index (χ3n) is 3.46. The van der Waals surface area contributed by atoms with Gasteiger partial charge in [-0.25, -0.2) is 4.79 Å². The fourth-order valence-corrected chi connectivity index (χ4v) is 2.25. The number of ether oxygens (including phenoxy) is 1. The highest BCUT2D eigenvalue weighted by Crippen LogP contribution is 2.21. The molecule has 0 aromatic carbocycles. The number of urea groups is 1. The Labute approximate surface area is 119 Å². The van der Waals surface area contributed by atoms with E-state index in [2.05, 4.69) is 0 Å². The van der Waals surface area contributed by atoms with Gasteiger partial charge in [0.1, 0.15) is 6.54 Å². The number of rotatable bonds is 5. The van der Waals surface area contributed by atoms with Gasteiger partial charge < -0.3 is 24.7 Å². The Balaban J connectivity index is 2.66. The predicted octanol–water partition coefficient (Wildman–Crippen LogP) is 0.375. The summed E-state index contributed by atoms with van der Waals surface area (Å²) in [6.07, 6.45) is 0.955. The van der Waals surface area contributed by atoms with E-state index in [1.54, 1.807) is 20.9 Å². The van der Waals surface area contributed by atoms with Gasteiger partial charge >= 0.3 is 12.0 Å². The van der Waals surface area contributed by atoms with E-state index in [-0.39, 0.29) is 25.2 Å². The number of carboxylic acid groups (broad SMARTS) is 1. The topological polar surface area (TPSA) is 90.3 Å². The largest absolute Gasteiger partial charge is 0.480 e. The number of carbonyl (C=O) groups is 2. The maximum atomic E-state index is 12.3. The molecule has 1 fully saturated rings. The van der Waals surface area contributed by atoms with Crippen molar-refractivity contribution in [2.45, 2.75) is 38.3 Å². The summed E-state index contributed by atoms with van der Waals surface area (Å²) >= 11 is 0. The predicted molar refractivity (Wildman–Crippen MR) is 72.5 cm³/mol. The maximum Gasteiger partial charge on any atom is 0.323 e. The lowest BCUT2D eigenvalue weighted by molar-refractivity contribution is -0.138. The minimum absolute atomic E-state index is 0.179. The zero-order valence-corrected chi connectivity index (χ0v) is 12.3. The Hall–Kier alpha value is -1.34. The van der Waals surface area contributed by atoms with Crippen LogP contribution in [0.25, 0.3) is 0 Å². The lowest BCUT2D eigenvalue weighted by Gasteiger charge is -2.37. The van der Waals surface area contributed by atoms with Crippen molar-refractivity contribution in [2.75, 3.05) is 33.4 Å². The van der Waals surface area contributed by atoms with E-state index in [9.17, 15) is 14.7 Å². The van der Waals surface area contributed by atoms with Crippen molar-refractivity contribution in [3.8, 4) is 0 Å². The summed E-state index contributed by atoms with van der Waals surface area (Å²) in [6, 6.07) is -0.604. The molecule has 1 aliphatic rings. The Bertz CT molecular complexity index is 353. The van der Waals surface area contributed by atoms with E-state index in [4.69, 9.17) is 9.84 Å². The highest BCUT2D eigenvalue weighted by atomic mass is 16.5. The van der Waals surface area contributed by atoms with Crippen molar-refractivity contribution in [2.24, 2.45) is 0 Å². The molecule has 1 heterocycles.